The zero-order valence-corrected chi connectivity index (χ0v) is 30.1. The van der Waals surface area contributed by atoms with E-state index in [0.717, 1.165) is 60.6 Å². The molecule has 0 bridgehead atoms. The summed E-state index contributed by atoms with van der Waals surface area (Å²) in [5.41, 5.74) is 2.45. The number of carbonyl (C=O) groups is 3. The van der Waals surface area contributed by atoms with E-state index < -0.39 is 41.1 Å². The van der Waals surface area contributed by atoms with Gasteiger partial charge in [-0.3, -0.25) is 33.5 Å². The first-order valence-electron chi connectivity index (χ1n) is 18.1. The van der Waals surface area contributed by atoms with Gasteiger partial charge in [0.2, 0.25) is 11.8 Å². The van der Waals surface area contributed by atoms with Crippen LogP contribution in [0.3, 0.4) is 0 Å². The molecule has 17 heteroatoms. The summed E-state index contributed by atoms with van der Waals surface area (Å²) in [5, 5.41) is 10.5. The molecule has 1 saturated carbocycles. The predicted molar refractivity (Wildman–Crippen MR) is 193 cm³/mol. The van der Waals surface area contributed by atoms with Crippen molar-refractivity contribution in [3.63, 3.8) is 0 Å². The van der Waals surface area contributed by atoms with Crippen LogP contribution >= 0.6 is 11.3 Å². The summed E-state index contributed by atoms with van der Waals surface area (Å²) in [6.45, 7) is 1.80. The molecule has 8 rings (SSSR count). The Morgan fingerprint density at radius 3 is 2.57 bits per heavy atom. The maximum absolute atomic E-state index is 16.1. The SMILES string of the molecule is Cn1c(=O)n(C2CCC(=O)NC2=O)c2cccc([C@@H]3CCN(CC4CCC(n5cc6cc(NC(=O)c7csc(C(F)(F)F)n7)ccc6n5)CC4)C[C@H]3F)c21. The number of nitrogens with zero attached hydrogens (tertiary/aromatic N) is 6. The highest BCUT2D eigenvalue weighted by Crippen LogP contribution is 2.38. The fourth-order valence-electron chi connectivity index (χ4n) is 8.45. The molecule has 2 saturated heterocycles. The van der Waals surface area contributed by atoms with Crippen LogP contribution in [-0.4, -0.2) is 72.3 Å². The first-order valence-corrected chi connectivity index (χ1v) is 18.9. The lowest BCUT2D eigenvalue weighted by atomic mass is 9.83. The molecule has 2 aliphatic heterocycles. The Bertz CT molecular complexity index is 2320. The smallest absolute Gasteiger partial charge is 0.321 e. The van der Waals surface area contributed by atoms with E-state index >= 15 is 4.39 Å². The summed E-state index contributed by atoms with van der Waals surface area (Å²) in [6, 6.07) is 10.00. The summed E-state index contributed by atoms with van der Waals surface area (Å²) < 4.78 is 59.7. The van der Waals surface area contributed by atoms with E-state index in [-0.39, 0.29) is 42.7 Å². The number of piperidine rings is 2. The molecule has 3 fully saturated rings. The number of aryl methyl sites for hydroxylation is 1. The maximum Gasteiger partial charge on any atom is 0.443 e. The van der Waals surface area contributed by atoms with Crippen molar-refractivity contribution < 1.29 is 31.9 Å². The highest BCUT2D eigenvalue weighted by atomic mass is 32.1. The van der Waals surface area contributed by atoms with Crippen LogP contribution in [0.25, 0.3) is 21.9 Å². The van der Waals surface area contributed by atoms with E-state index in [1.54, 1.807) is 37.4 Å². The molecule has 2 N–H and O–H groups in total. The number of benzene rings is 2. The second kappa shape index (κ2) is 14.1. The number of anilines is 1. The number of rotatable bonds is 7. The first kappa shape index (κ1) is 36.1. The number of carbonyl (C=O) groups excluding carboxylic acids is 3. The van der Waals surface area contributed by atoms with Crippen LogP contribution in [0.2, 0.25) is 0 Å². The third-order valence-electron chi connectivity index (χ3n) is 11.1. The Kier molecular flexibility index (Phi) is 9.40. The number of para-hydroxylation sites is 1. The molecule has 2 aromatic carbocycles. The quantitative estimate of drug-likeness (QED) is 0.154. The van der Waals surface area contributed by atoms with Gasteiger partial charge in [-0.25, -0.2) is 14.2 Å². The molecular formula is C37H38F4N8O4S. The number of amides is 3. The van der Waals surface area contributed by atoms with E-state index in [0.29, 0.717) is 40.4 Å². The average molecular weight is 767 g/mol. The fourth-order valence-corrected chi connectivity index (χ4v) is 9.12. The Morgan fingerprint density at radius 1 is 1.06 bits per heavy atom. The summed E-state index contributed by atoms with van der Waals surface area (Å²) >= 11 is 0.375. The van der Waals surface area contributed by atoms with Gasteiger partial charge in [-0.15, -0.1) is 11.3 Å². The molecule has 3 aliphatic rings. The van der Waals surface area contributed by atoms with Crippen molar-refractivity contribution in [2.75, 3.05) is 25.0 Å². The van der Waals surface area contributed by atoms with Crippen molar-refractivity contribution in [3.8, 4) is 0 Å². The number of hydrogen-bond donors (Lipinski definition) is 2. The molecule has 0 radical (unpaired) electrons. The lowest BCUT2D eigenvalue weighted by molar-refractivity contribution is -0.138. The Hall–Kier alpha value is -4.90. The number of thiazole rings is 1. The molecule has 284 valence electrons. The van der Waals surface area contributed by atoms with Crippen LogP contribution in [-0.2, 0) is 22.8 Å². The molecule has 1 unspecified atom stereocenters. The highest BCUT2D eigenvalue weighted by Gasteiger charge is 2.37. The predicted octanol–water partition coefficient (Wildman–Crippen LogP) is 5.95. The van der Waals surface area contributed by atoms with E-state index in [1.165, 1.54) is 9.13 Å². The topological polar surface area (TPSA) is 136 Å². The van der Waals surface area contributed by atoms with Crippen molar-refractivity contribution in [2.45, 2.75) is 75.3 Å². The second-order valence-corrected chi connectivity index (χ2v) is 15.5. The second-order valence-electron chi connectivity index (χ2n) is 14.6. The molecule has 3 aromatic heterocycles. The van der Waals surface area contributed by atoms with Crippen molar-refractivity contribution >= 4 is 56.7 Å². The molecule has 5 aromatic rings. The van der Waals surface area contributed by atoms with Gasteiger partial charge < -0.3 is 10.2 Å². The minimum Gasteiger partial charge on any atom is -0.321 e. The van der Waals surface area contributed by atoms with Crippen molar-refractivity contribution in [3.05, 3.63) is 74.7 Å². The Labute approximate surface area is 310 Å². The summed E-state index contributed by atoms with van der Waals surface area (Å²) in [6.07, 6.45) is 0.882. The van der Waals surface area contributed by atoms with Gasteiger partial charge >= 0.3 is 11.9 Å². The molecule has 3 atom stereocenters. The van der Waals surface area contributed by atoms with Crippen LogP contribution in [0.5, 0.6) is 0 Å². The first-order chi connectivity index (χ1) is 25.8. The van der Waals surface area contributed by atoms with Crippen LogP contribution in [0.15, 0.2) is 52.8 Å². The number of nitrogens with one attached hydrogen (secondary N) is 2. The third kappa shape index (κ3) is 6.83. The van der Waals surface area contributed by atoms with E-state index in [4.69, 9.17) is 5.10 Å². The number of aromatic nitrogens is 5. The average Bonchev–Trinajstić information content (AvgIpc) is 3.86. The number of hydrogen-bond acceptors (Lipinski definition) is 8. The van der Waals surface area contributed by atoms with Crippen LogP contribution < -0.4 is 16.3 Å². The number of likely N-dealkylation sites (tertiary alicyclic amines) is 1. The van der Waals surface area contributed by atoms with Gasteiger partial charge in [-0.05, 0) is 80.8 Å². The normalized spacial score (nSPS) is 24.3. The molecule has 54 heavy (non-hydrogen) atoms. The number of imide groups is 1. The van der Waals surface area contributed by atoms with Gasteiger partial charge in [0, 0.05) is 55.1 Å². The molecule has 3 amide bonds. The van der Waals surface area contributed by atoms with Gasteiger partial charge in [0.05, 0.1) is 22.6 Å². The zero-order chi connectivity index (χ0) is 37.9. The zero-order valence-electron chi connectivity index (χ0n) is 29.3. The number of halogens is 4. The third-order valence-corrected chi connectivity index (χ3v) is 12.0. The van der Waals surface area contributed by atoms with Crippen molar-refractivity contribution in [1.82, 2.24) is 34.1 Å². The van der Waals surface area contributed by atoms with Crippen LogP contribution in [0.4, 0.5) is 23.2 Å². The lowest BCUT2D eigenvalue weighted by Crippen LogP contribution is -2.44. The maximum atomic E-state index is 16.1. The molecule has 1 aliphatic carbocycles. The minimum atomic E-state index is -4.61. The van der Waals surface area contributed by atoms with Gasteiger partial charge in [0.1, 0.15) is 17.9 Å². The number of alkyl halides is 4. The minimum absolute atomic E-state index is 0.146. The monoisotopic (exact) mass is 766 g/mol. The van der Waals surface area contributed by atoms with Gasteiger partial charge in [0.15, 0.2) is 5.01 Å². The van der Waals surface area contributed by atoms with Gasteiger partial charge in [-0.1, -0.05) is 12.1 Å². The number of fused-ring (bicyclic) bond motifs is 2. The summed E-state index contributed by atoms with van der Waals surface area (Å²) in [4.78, 5) is 56.0. The molecular weight excluding hydrogens is 729 g/mol. The Morgan fingerprint density at radius 2 is 1.85 bits per heavy atom. The standard InChI is InChI=1S/C37H38F4N8O4S/c1-46-32-25(3-2-4-29(32)49(36(46)53)30-11-12-31(50)44-34(30)52)24-13-14-47(18-26(24)38)16-20-5-8-23(9-6-20)48-17-21-15-22(7-10-27(21)45-48)42-33(51)28-19-54-35(43-28)37(39,40)41/h2-4,7,10,15,17,19-20,23-24,26,30H,5-6,8-9,11-14,16,18H2,1H3,(H,42,51)(H,44,50,52)/t20?,23?,24-,26+,30?/m0/s1. The molecule has 5 heterocycles. The van der Waals surface area contributed by atoms with Crippen molar-refractivity contribution in [1.29, 1.82) is 0 Å². The summed E-state index contributed by atoms with van der Waals surface area (Å²) in [5.74, 6) is -1.57. The van der Waals surface area contributed by atoms with Gasteiger partial charge in [-0.2, -0.15) is 18.3 Å². The molecule has 0 spiro atoms. The van der Waals surface area contributed by atoms with E-state index in [1.807, 2.05) is 16.9 Å². The van der Waals surface area contributed by atoms with Crippen LogP contribution in [0.1, 0.15) is 84.0 Å². The summed E-state index contributed by atoms with van der Waals surface area (Å²) in [7, 11) is 1.64. The van der Waals surface area contributed by atoms with Gasteiger partial charge in [0.25, 0.3) is 5.91 Å². The fraction of sp³-hybridized carbons (Fsp3) is 0.459. The van der Waals surface area contributed by atoms with E-state index in [9.17, 15) is 32.3 Å². The highest BCUT2D eigenvalue weighted by molar-refractivity contribution is 7.10. The Balaban J connectivity index is 0.871. The molecule has 12 nitrogen and oxygen atoms in total. The number of imidazole rings is 1. The van der Waals surface area contributed by atoms with Crippen LogP contribution in [0, 0.1) is 5.92 Å². The largest absolute Gasteiger partial charge is 0.443 e. The van der Waals surface area contributed by atoms with E-state index in [2.05, 4.69) is 20.5 Å². The van der Waals surface area contributed by atoms with Crippen molar-refractivity contribution in [2.24, 2.45) is 13.0 Å². The lowest BCUT2D eigenvalue weighted by Gasteiger charge is -2.38.